The maximum absolute atomic E-state index is 12.6. The van der Waals surface area contributed by atoms with Crippen molar-refractivity contribution in [3.63, 3.8) is 0 Å². The summed E-state index contributed by atoms with van der Waals surface area (Å²) in [5.74, 6) is 1.52. The molecule has 2 atom stereocenters. The van der Waals surface area contributed by atoms with Crippen LogP contribution in [0.2, 0.25) is 0 Å². The number of anilines is 2. The van der Waals surface area contributed by atoms with E-state index in [0.717, 1.165) is 35.0 Å². The molecule has 8 heteroatoms. The molecule has 0 bridgehead atoms. The highest BCUT2D eigenvalue weighted by molar-refractivity contribution is 8.00. The predicted octanol–water partition coefficient (Wildman–Crippen LogP) is 3.98. The van der Waals surface area contributed by atoms with Gasteiger partial charge in [-0.05, 0) is 38.1 Å². The number of hydrogen-bond acceptors (Lipinski definition) is 7. The molecule has 3 aromatic rings. The fourth-order valence-electron chi connectivity index (χ4n) is 3.70. The number of para-hydroxylation sites is 4. The molecule has 1 aliphatic heterocycles. The third kappa shape index (κ3) is 5.08. The molecule has 0 radical (unpaired) electrons. The highest BCUT2D eigenvalue weighted by atomic mass is 32.2. The number of carbonyl (C=O) groups excluding carboxylic acids is 1. The molecule has 31 heavy (non-hydrogen) atoms. The molecule has 2 heterocycles. The van der Waals surface area contributed by atoms with Gasteiger partial charge in [-0.15, -0.1) is 0 Å². The zero-order chi connectivity index (χ0) is 21.8. The van der Waals surface area contributed by atoms with Gasteiger partial charge in [-0.2, -0.15) is 0 Å². The number of thioether (sulfide) groups is 1. The van der Waals surface area contributed by atoms with Crippen LogP contribution in [-0.4, -0.2) is 54.0 Å². The lowest BCUT2D eigenvalue weighted by Gasteiger charge is -2.36. The summed E-state index contributed by atoms with van der Waals surface area (Å²) < 4.78 is 11.2. The first-order valence-electron chi connectivity index (χ1n) is 10.3. The van der Waals surface area contributed by atoms with Crippen molar-refractivity contribution in [3.05, 3.63) is 48.5 Å². The van der Waals surface area contributed by atoms with Gasteiger partial charge in [-0.3, -0.25) is 4.79 Å². The number of amides is 1. The molecule has 1 fully saturated rings. The molecule has 0 saturated carbocycles. The Balaban J connectivity index is 1.56. The number of benzene rings is 2. The highest BCUT2D eigenvalue weighted by Crippen LogP contribution is 2.31. The summed E-state index contributed by atoms with van der Waals surface area (Å²) in [4.78, 5) is 24.6. The normalized spacial score (nSPS) is 18.7. The van der Waals surface area contributed by atoms with Gasteiger partial charge in [-0.1, -0.05) is 36.0 Å². The third-order valence-corrected chi connectivity index (χ3v) is 5.92. The number of rotatable bonds is 6. The van der Waals surface area contributed by atoms with E-state index in [9.17, 15) is 4.79 Å². The minimum Gasteiger partial charge on any atom is -0.495 e. The Bertz CT molecular complexity index is 1070. The molecule has 1 saturated heterocycles. The van der Waals surface area contributed by atoms with Crippen LogP contribution in [0.3, 0.4) is 0 Å². The summed E-state index contributed by atoms with van der Waals surface area (Å²) in [7, 11) is 1.58. The van der Waals surface area contributed by atoms with Gasteiger partial charge in [0.2, 0.25) is 5.91 Å². The molecular weight excluding hydrogens is 412 g/mol. The van der Waals surface area contributed by atoms with Crippen molar-refractivity contribution in [1.29, 1.82) is 0 Å². The van der Waals surface area contributed by atoms with Gasteiger partial charge in [0, 0.05) is 13.1 Å². The number of hydrogen-bond donors (Lipinski definition) is 1. The van der Waals surface area contributed by atoms with Gasteiger partial charge >= 0.3 is 0 Å². The third-order valence-electron chi connectivity index (χ3n) is 4.96. The van der Waals surface area contributed by atoms with Gasteiger partial charge in [0.1, 0.15) is 10.8 Å². The van der Waals surface area contributed by atoms with Crippen molar-refractivity contribution in [2.75, 3.05) is 36.2 Å². The van der Waals surface area contributed by atoms with Gasteiger partial charge < -0.3 is 19.7 Å². The molecule has 7 nitrogen and oxygen atoms in total. The van der Waals surface area contributed by atoms with E-state index < -0.39 is 0 Å². The fraction of sp³-hybridized carbons (Fsp3) is 0.348. The van der Waals surface area contributed by atoms with Gasteiger partial charge in [0.15, 0.2) is 5.82 Å². The molecule has 2 aromatic carbocycles. The lowest BCUT2D eigenvalue weighted by Crippen LogP contribution is -2.46. The molecule has 1 N–H and O–H groups in total. The number of aromatic nitrogens is 2. The average molecular weight is 439 g/mol. The molecule has 0 aliphatic carbocycles. The van der Waals surface area contributed by atoms with Crippen LogP contribution in [0, 0.1) is 0 Å². The van der Waals surface area contributed by atoms with E-state index in [1.807, 2.05) is 48.5 Å². The van der Waals surface area contributed by atoms with Crippen LogP contribution in [-0.2, 0) is 9.53 Å². The zero-order valence-electron chi connectivity index (χ0n) is 17.9. The van der Waals surface area contributed by atoms with Crippen LogP contribution in [0.4, 0.5) is 11.5 Å². The number of fused-ring (bicyclic) bond motifs is 1. The number of carbonyl (C=O) groups is 1. The Labute approximate surface area is 186 Å². The van der Waals surface area contributed by atoms with Crippen molar-refractivity contribution in [3.8, 4) is 5.75 Å². The van der Waals surface area contributed by atoms with E-state index in [0.29, 0.717) is 11.4 Å². The first kappa shape index (κ1) is 21.4. The number of ether oxygens (including phenoxy) is 2. The van der Waals surface area contributed by atoms with Crippen LogP contribution in [0.25, 0.3) is 11.0 Å². The van der Waals surface area contributed by atoms with E-state index in [4.69, 9.17) is 19.4 Å². The van der Waals surface area contributed by atoms with E-state index in [1.165, 1.54) is 11.8 Å². The quantitative estimate of drug-likeness (QED) is 0.583. The topological polar surface area (TPSA) is 76.6 Å². The zero-order valence-corrected chi connectivity index (χ0v) is 18.7. The lowest BCUT2D eigenvalue weighted by atomic mass is 10.2. The maximum Gasteiger partial charge on any atom is 0.234 e. The predicted molar refractivity (Wildman–Crippen MR) is 124 cm³/mol. The molecule has 0 spiro atoms. The molecule has 162 valence electrons. The second-order valence-electron chi connectivity index (χ2n) is 7.54. The maximum atomic E-state index is 12.6. The molecule has 1 aliphatic rings. The summed E-state index contributed by atoms with van der Waals surface area (Å²) >= 11 is 1.39. The fourth-order valence-corrected chi connectivity index (χ4v) is 4.50. The molecular formula is C23H26N4O3S. The Kier molecular flexibility index (Phi) is 6.58. The molecule has 1 aromatic heterocycles. The summed E-state index contributed by atoms with van der Waals surface area (Å²) in [5, 5.41) is 3.66. The minimum atomic E-state index is -0.126. The summed E-state index contributed by atoms with van der Waals surface area (Å²) in [5.41, 5.74) is 2.30. The Morgan fingerprint density at radius 3 is 2.45 bits per heavy atom. The van der Waals surface area contributed by atoms with E-state index in [-0.39, 0.29) is 23.9 Å². The van der Waals surface area contributed by atoms with Crippen LogP contribution in [0.5, 0.6) is 5.75 Å². The van der Waals surface area contributed by atoms with Crippen LogP contribution in [0.15, 0.2) is 53.6 Å². The van der Waals surface area contributed by atoms with Crippen LogP contribution >= 0.6 is 11.8 Å². The van der Waals surface area contributed by atoms with Crippen LogP contribution in [0.1, 0.15) is 13.8 Å². The second kappa shape index (κ2) is 9.53. The number of methoxy groups -OCH3 is 1. The molecule has 4 rings (SSSR count). The lowest BCUT2D eigenvalue weighted by molar-refractivity contribution is -0.113. The molecule has 0 unspecified atom stereocenters. The monoisotopic (exact) mass is 438 g/mol. The second-order valence-corrected chi connectivity index (χ2v) is 8.50. The van der Waals surface area contributed by atoms with E-state index in [1.54, 1.807) is 7.11 Å². The van der Waals surface area contributed by atoms with Gasteiger partial charge in [0.25, 0.3) is 0 Å². The van der Waals surface area contributed by atoms with Gasteiger partial charge in [0.05, 0.1) is 41.8 Å². The first-order chi connectivity index (χ1) is 15.0. The largest absolute Gasteiger partial charge is 0.495 e. The Hall–Kier alpha value is -2.84. The van der Waals surface area contributed by atoms with Crippen molar-refractivity contribution in [1.82, 2.24) is 9.97 Å². The van der Waals surface area contributed by atoms with Crippen LogP contribution < -0.4 is 15.0 Å². The summed E-state index contributed by atoms with van der Waals surface area (Å²) in [6.07, 6.45) is 0.201. The van der Waals surface area contributed by atoms with Gasteiger partial charge in [-0.25, -0.2) is 9.97 Å². The average Bonchev–Trinajstić information content (AvgIpc) is 2.76. The summed E-state index contributed by atoms with van der Waals surface area (Å²) in [6, 6.07) is 15.2. The first-order valence-corrected chi connectivity index (χ1v) is 11.2. The Morgan fingerprint density at radius 2 is 1.74 bits per heavy atom. The van der Waals surface area contributed by atoms with E-state index in [2.05, 4.69) is 24.1 Å². The number of nitrogens with one attached hydrogen (secondary N) is 1. The van der Waals surface area contributed by atoms with E-state index >= 15 is 0 Å². The number of nitrogens with zero attached hydrogens (tertiary/aromatic N) is 3. The van der Waals surface area contributed by atoms with Crippen molar-refractivity contribution in [2.24, 2.45) is 0 Å². The number of morpholine rings is 1. The Morgan fingerprint density at radius 1 is 1.10 bits per heavy atom. The van der Waals surface area contributed by atoms with Crippen molar-refractivity contribution < 1.29 is 14.3 Å². The van der Waals surface area contributed by atoms with Crippen molar-refractivity contribution in [2.45, 2.75) is 31.1 Å². The SMILES string of the molecule is COc1ccccc1NC(=O)CSc1nc2ccccc2nc1N1C[C@H](C)O[C@@H](C)C1. The van der Waals surface area contributed by atoms with Crippen molar-refractivity contribution >= 4 is 40.2 Å². The minimum absolute atomic E-state index is 0.101. The highest BCUT2D eigenvalue weighted by Gasteiger charge is 2.26. The smallest absolute Gasteiger partial charge is 0.234 e. The molecule has 1 amide bonds. The standard InChI is InChI=1S/C23H26N4O3S/c1-15-12-27(13-16(2)30-15)22-23(26-18-9-5-4-8-17(18)25-22)31-14-21(28)24-19-10-6-7-11-20(19)29-3/h4-11,15-16H,12-14H2,1-3H3,(H,24,28)/t15-,16-/m0/s1. The summed E-state index contributed by atoms with van der Waals surface area (Å²) in [6.45, 7) is 5.59.